The van der Waals surface area contributed by atoms with Crippen LogP contribution in [0, 0.1) is 5.41 Å². The standard InChI is InChI=1S/C12H19N5O3/c1-2-12(10(18)19)4-6-17(7-12)11(20)13-5-3-9-14-8-15-16-9/h8H,2-7H2,1H3,(H,13,20)(H,18,19)(H,14,15,16). The van der Waals surface area contributed by atoms with Crippen LogP contribution in [0.1, 0.15) is 25.6 Å². The second-order valence-corrected chi connectivity index (χ2v) is 5.02. The van der Waals surface area contributed by atoms with Gasteiger partial charge in [0, 0.05) is 26.1 Å². The molecule has 1 unspecified atom stereocenters. The van der Waals surface area contributed by atoms with Crippen LogP contribution in [0.3, 0.4) is 0 Å². The van der Waals surface area contributed by atoms with Crippen molar-refractivity contribution in [3.05, 3.63) is 12.2 Å². The number of H-pyrrole nitrogens is 1. The van der Waals surface area contributed by atoms with E-state index in [1.54, 1.807) is 4.90 Å². The minimum absolute atomic E-state index is 0.221. The highest BCUT2D eigenvalue weighted by Gasteiger charge is 2.44. The quantitative estimate of drug-likeness (QED) is 0.716. The highest BCUT2D eigenvalue weighted by atomic mass is 16.4. The molecule has 2 amide bonds. The number of urea groups is 1. The number of amides is 2. The first-order valence-electron chi connectivity index (χ1n) is 6.68. The summed E-state index contributed by atoms with van der Waals surface area (Å²) in [6.07, 6.45) is 3.02. The van der Waals surface area contributed by atoms with Gasteiger partial charge in [-0.2, -0.15) is 5.10 Å². The number of likely N-dealkylation sites (tertiary alicyclic amines) is 1. The maximum atomic E-state index is 12.0. The Bertz CT molecular complexity index is 475. The molecular formula is C12H19N5O3. The van der Waals surface area contributed by atoms with Crippen LogP contribution in [0.25, 0.3) is 0 Å². The molecule has 1 aliphatic heterocycles. The molecule has 0 aliphatic carbocycles. The fourth-order valence-corrected chi connectivity index (χ4v) is 2.41. The summed E-state index contributed by atoms with van der Waals surface area (Å²) in [7, 11) is 0. The van der Waals surface area contributed by atoms with E-state index in [0.29, 0.717) is 38.2 Å². The number of rotatable bonds is 5. The van der Waals surface area contributed by atoms with Gasteiger partial charge in [0.1, 0.15) is 12.2 Å². The molecule has 1 fully saturated rings. The van der Waals surface area contributed by atoms with Crippen LogP contribution in [0.4, 0.5) is 4.79 Å². The maximum Gasteiger partial charge on any atom is 0.317 e. The van der Waals surface area contributed by atoms with Crippen molar-refractivity contribution in [2.75, 3.05) is 19.6 Å². The number of nitrogens with one attached hydrogen (secondary N) is 2. The molecule has 0 bridgehead atoms. The van der Waals surface area contributed by atoms with Crippen molar-refractivity contribution in [1.29, 1.82) is 0 Å². The fourth-order valence-electron chi connectivity index (χ4n) is 2.41. The van der Waals surface area contributed by atoms with Crippen LogP contribution in [-0.4, -0.2) is 56.8 Å². The van der Waals surface area contributed by atoms with Crippen molar-refractivity contribution in [3.63, 3.8) is 0 Å². The molecule has 1 aromatic heterocycles. The molecule has 110 valence electrons. The molecule has 1 saturated heterocycles. The molecule has 2 rings (SSSR count). The van der Waals surface area contributed by atoms with E-state index < -0.39 is 11.4 Å². The molecule has 8 heteroatoms. The Balaban J connectivity index is 1.80. The van der Waals surface area contributed by atoms with Gasteiger partial charge in [0.15, 0.2) is 0 Å². The van der Waals surface area contributed by atoms with E-state index in [2.05, 4.69) is 20.5 Å². The second kappa shape index (κ2) is 5.89. The van der Waals surface area contributed by atoms with Crippen LogP contribution >= 0.6 is 0 Å². The lowest BCUT2D eigenvalue weighted by molar-refractivity contribution is -0.148. The van der Waals surface area contributed by atoms with Gasteiger partial charge in [0.25, 0.3) is 0 Å². The summed E-state index contributed by atoms with van der Waals surface area (Å²) in [6, 6.07) is -0.221. The molecule has 0 saturated carbocycles. The van der Waals surface area contributed by atoms with Crippen molar-refractivity contribution in [1.82, 2.24) is 25.4 Å². The molecule has 2 heterocycles. The van der Waals surface area contributed by atoms with E-state index in [1.165, 1.54) is 6.33 Å². The van der Waals surface area contributed by atoms with Crippen molar-refractivity contribution < 1.29 is 14.7 Å². The van der Waals surface area contributed by atoms with Crippen LogP contribution < -0.4 is 5.32 Å². The monoisotopic (exact) mass is 281 g/mol. The summed E-state index contributed by atoms with van der Waals surface area (Å²) in [5.41, 5.74) is -0.789. The highest BCUT2D eigenvalue weighted by Crippen LogP contribution is 2.34. The van der Waals surface area contributed by atoms with E-state index in [-0.39, 0.29) is 12.6 Å². The van der Waals surface area contributed by atoms with Crippen LogP contribution in [0.2, 0.25) is 0 Å². The SMILES string of the molecule is CCC1(C(=O)O)CCN(C(=O)NCCc2ncn[nH]2)C1. The van der Waals surface area contributed by atoms with Gasteiger partial charge in [-0.1, -0.05) is 6.92 Å². The third kappa shape index (κ3) is 2.89. The lowest BCUT2D eigenvalue weighted by Crippen LogP contribution is -2.42. The number of carbonyl (C=O) groups is 2. The Hall–Kier alpha value is -2.12. The Morgan fingerprint density at radius 1 is 1.60 bits per heavy atom. The van der Waals surface area contributed by atoms with E-state index >= 15 is 0 Å². The van der Waals surface area contributed by atoms with Gasteiger partial charge in [-0.15, -0.1) is 0 Å². The predicted molar refractivity (Wildman–Crippen MR) is 70.0 cm³/mol. The van der Waals surface area contributed by atoms with Crippen molar-refractivity contribution in [2.45, 2.75) is 26.2 Å². The molecule has 1 aromatic rings. The van der Waals surface area contributed by atoms with Crippen LogP contribution in [0.5, 0.6) is 0 Å². The van der Waals surface area contributed by atoms with Crippen LogP contribution in [0.15, 0.2) is 6.33 Å². The Morgan fingerprint density at radius 3 is 2.95 bits per heavy atom. The summed E-state index contributed by atoms with van der Waals surface area (Å²) in [4.78, 5) is 28.8. The zero-order valence-electron chi connectivity index (χ0n) is 11.4. The Labute approximate surface area is 116 Å². The summed E-state index contributed by atoms with van der Waals surface area (Å²) >= 11 is 0. The summed E-state index contributed by atoms with van der Waals surface area (Å²) < 4.78 is 0. The molecule has 3 N–H and O–H groups in total. The first-order valence-corrected chi connectivity index (χ1v) is 6.68. The maximum absolute atomic E-state index is 12.0. The van der Waals surface area contributed by atoms with Gasteiger partial charge in [0.2, 0.25) is 0 Å². The molecular weight excluding hydrogens is 262 g/mol. The average Bonchev–Trinajstić information content (AvgIpc) is 3.08. The third-order valence-corrected chi connectivity index (χ3v) is 3.87. The van der Waals surface area contributed by atoms with E-state index in [0.717, 1.165) is 0 Å². The number of aromatic amines is 1. The van der Waals surface area contributed by atoms with Gasteiger partial charge in [-0.05, 0) is 12.8 Å². The Morgan fingerprint density at radius 2 is 2.40 bits per heavy atom. The molecule has 0 spiro atoms. The van der Waals surface area contributed by atoms with Gasteiger partial charge >= 0.3 is 12.0 Å². The van der Waals surface area contributed by atoms with E-state index in [1.807, 2.05) is 6.92 Å². The number of aromatic nitrogens is 3. The summed E-state index contributed by atoms with van der Waals surface area (Å²) in [5, 5.41) is 18.5. The van der Waals surface area contributed by atoms with Gasteiger partial charge in [-0.25, -0.2) is 9.78 Å². The minimum Gasteiger partial charge on any atom is -0.481 e. The normalized spacial score (nSPS) is 21.9. The number of hydrogen-bond acceptors (Lipinski definition) is 4. The van der Waals surface area contributed by atoms with E-state index in [4.69, 9.17) is 0 Å². The molecule has 1 atom stereocenters. The fraction of sp³-hybridized carbons (Fsp3) is 0.667. The van der Waals surface area contributed by atoms with Gasteiger partial charge < -0.3 is 15.3 Å². The lowest BCUT2D eigenvalue weighted by atomic mass is 9.84. The highest BCUT2D eigenvalue weighted by molar-refractivity contribution is 5.79. The van der Waals surface area contributed by atoms with Crippen molar-refractivity contribution in [2.24, 2.45) is 5.41 Å². The first kappa shape index (κ1) is 14.3. The van der Waals surface area contributed by atoms with Crippen LogP contribution in [-0.2, 0) is 11.2 Å². The number of carboxylic acids is 1. The zero-order valence-corrected chi connectivity index (χ0v) is 11.4. The van der Waals surface area contributed by atoms with Crippen molar-refractivity contribution >= 4 is 12.0 Å². The predicted octanol–water partition coefficient (Wildman–Crippen LogP) is 0.243. The zero-order chi connectivity index (χ0) is 14.6. The Kier molecular flexibility index (Phi) is 4.21. The molecule has 0 radical (unpaired) electrons. The second-order valence-electron chi connectivity index (χ2n) is 5.02. The number of hydrogen-bond donors (Lipinski definition) is 3. The lowest BCUT2D eigenvalue weighted by Gasteiger charge is -2.23. The smallest absolute Gasteiger partial charge is 0.317 e. The molecule has 20 heavy (non-hydrogen) atoms. The minimum atomic E-state index is -0.822. The number of carboxylic acid groups (broad SMARTS) is 1. The van der Waals surface area contributed by atoms with Crippen molar-refractivity contribution in [3.8, 4) is 0 Å². The number of nitrogens with zero attached hydrogens (tertiary/aromatic N) is 3. The number of aliphatic carboxylic acids is 1. The third-order valence-electron chi connectivity index (χ3n) is 3.87. The average molecular weight is 281 g/mol. The van der Waals surface area contributed by atoms with E-state index in [9.17, 15) is 14.7 Å². The first-order chi connectivity index (χ1) is 9.57. The topological polar surface area (TPSA) is 111 Å². The molecule has 0 aromatic carbocycles. The van der Waals surface area contributed by atoms with Gasteiger partial charge in [0.05, 0.1) is 5.41 Å². The number of carbonyl (C=O) groups excluding carboxylic acids is 1. The molecule has 8 nitrogen and oxygen atoms in total. The largest absolute Gasteiger partial charge is 0.481 e. The van der Waals surface area contributed by atoms with Gasteiger partial charge in [-0.3, -0.25) is 9.89 Å². The molecule has 1 aliphatic rings. The summed E-state index contributed by atoms with van der Waals surface area (Å²) in [5.74, 6) is -0.114. The summed E-state index contributed by atoms with van der Waals surface area (Å²) in [6.45, 7) is 3.04.